The van der Waals surface area contributed by atoms with Gasteiger partial charge in [-0.15, -0.1) is 0 Å². The van der Waals surface area contributed by atoms with E-state index in [0.717, 1.165) is 10.9 Å². The molecule has 3 N–H and O–H groups in total. The molecule has 0 unspecified atom stereocenters. The Morgan fingerprint density at radius 1 is 1.24 bits per heavy atom. The van der Waals surface area contributed by atoms with Gasteiger partial charge in [-0.25, -0.2) is 9.59 Å². The fourth-order valence-electron chi connectivity index (χ4n) is 1.99. The molecule has 6 nitrogen and oxygen atoms in total. The van der Waals surface area contributed by atoms with Gasteiger partial charge in [-0.05, 0) is 25.5 Å². The molecule has 2 rings (SSSR count). The second kappa shape index (κ2) is 7.33. The second-order valence-corrected chi connectivity index (χ2v) is 4.52. The number of hydrogen-bond acceptors (Lipinski definition) is 3. The number of nitrogens with one attached hydrogen (secondary N) is 3. The minimum Gasteiger partial charge on any atom is -0.462 e. The fourth-order valence-corrected chi connectivity index (χ4v) is 1.99. The highest BCUT2D eigenvalue weighted by atomic mass is 16.5. The smallest absolute Gasteiger partial charge is 0.340 e. The van der Waals surface area contributed by atoms with Crippen LogP contribution in [0.4, 0.5) is 4.79 Å². The summed E-state index contributed by atoms with van der Waals surface area (Å²) in [5.41, 5.74) is 1.30. The lowest BCUT2D eigenvalue weighted by atomic mass is 10.1. The summed E-state index contributed by atoms with van der Waals surface area (Å²) in [6.07, 6.45) is 2.36. The Bertz CT molecular complexity index is 621. The Morgan fingerprint density at radius 2 is 2.10 bits per heavy atom. The normalized spacial score (nSPS) is 10.3. The van der Waals surface area contributed by atoms with Crippen LogP contribution in [0.1, 0.15) is 23.7 Å². The quantitative estimate of drug-likeness (QED) is 0.562. The van der Waals surface area contributed by atoms with Crippen LogP contribution in [0, 0.1) is 0 Å². The molecule has 0 saturated heterocycles. The van der Waals surface area contributed by atoms with Crippen molar-refractivity contribution in [3.63, 3.8) is 0 Å². The van der Waals surface area contributed by atoms with Crippen LogP contribution in [0.25, 0.3) is 10.9 Å². The van der Waals surface area contributed by atoms with Crippen LogP contribution in [-0.4, -0.2) is 36.7 Å². The van der Waals surface area contributed by atoms with Gasteiger partial charge in [0.1, 0.15) is 0 Å². The number of carbonyl (C=O) groups excluding carboxylic acids is 2. The molecule has 2 amide bonds. The summed E-state index contributed by atoms with van der Waals surface area (Å²) in [7, 11) is 0. The highest BCUT2D eigenvalue weighted by Gasteiger charge is 2.11. The molecule has 1 heterocycles. The molecule has 2 aromatic rings. The number of benzene rings is 1. The van der Waals surface area contributed by atoms with E-state index in [1.807, 2.05) is 25.1 Å². The molecule has 0 atom stereocenters. The van der Waals surface area contributed by atoms with Gasteiger partial charge in [-0.1, -0.05) is 12.1 Å². The molecule has 0 spiro atoms. The molecule has 1 aromatic carbocycles. The van der Waals surface area contributed by atoms with Crippen molar-refractivity contribution in [1.29, 1.82) is 0 Å². The van der Waals surface area contributed by atoms with E-state index in [1.54, 1.807) is 12.3 Å². The molecule has 0 aliphatic rings. The number of hydrogen-bond donors (Lipinski definition) is 3. The molecular formula is C15H19N3O3. The number of ether oxygens (including phenoxy) is 1. The molecule has 0 bridgehead atoms. The average Bonchev–Trinajstić information content (AvgIpc) is 2.95. The number of esters is 1. The summed E-state index contributed by atoms with van der Waals surface area (Å²) in [6.45, 7) is 3.16. The number of urea groups is 1. The minimum absolute atomic E-state index is 0.208. The van der Waals surface area contributed by atoms with Crippen molar-refractivity contribution in [3.8, 4) is 0 Å². The van der Waals surface area contributed by atoms with E-state index < -0.39 is 0 Å². The molecule has 21 heavy (non-hydrogen) atoms. The highest BCUT2D eigenvalue weighted by Crippen LogP contribution is 2.17. The third kappa shape index (κ3) is 3.98. The Balaban J connectivity index is 1.78. The van der Waals surface area contributed by atoms with Gasteiger partial charge >= 0.3 is 12.0 Å². The molecular weight excluding hydrogens is 270 g/mol. The van der Waals surface area contributed by atoms with Gasteiger partial charge in [-0.2, -0.15) is 0 Å². The van der Waals surface area contributed by atoms with Crippen molar-refractivity contribution in [3.05, 3.63) is 36.0 Å². The van der Waals surface area contributed by atoms with Gasteiger partial charge in [0.2, 0.25) is 0 Å². The number of H-pyrrole nitrogens is 1. The first kappa shape index (κ1) is 14.9. The van der Waals surface area contributed by atoms with Gasteiger partial charge in [0, 0.05) is 24.7 Å². The zero-order valence-corrected chi connectivity index (χ0v) is 11.9. The number of rotatable bonds is 6. The number of para-hydroxylation sites is 1. The first-order chi connectivity index (χ1) is 10.2. The van der Waals surface area contributed by atoms with Crippen molar-refractivity contribution >= 4 is 22.9 Å². The maximum Gasteiger partial charge on any atom is 0.340 e. The van der Waals surface area contributed by atoms with Crippen molar-refractivity contribution in [2.75, 3.05) is 19.7 Å². The molecule has 0 fully saturated rings. The summed E-state index contributed by atoms with van der Waals surface area (Å²) < 4.78 is 5.22. The van der Waals surface area contributed by atoms with Gasteiger partial charge in [-0.3, -0.25) is 0 Å². The maximum absolute atomic E-state index is 12.0. The van der Waals surface area contributed by atoms with Crippen LogP contribution in [-0.2, 0) is 4.74 Å². The van der Waals surface area contributed by atoms with Crippen molar-refractivity contribution < 1.29 is 14.3 Å². The van der Waals surface area contributed by atoms with E-state index in [9.17, 15) is 9.59 Å². The number of amides is 2. The van der Waals surface area contributed by atoms with E-state index in [0.29, 0.717) is 25.1 Å². The van der Waals surface area contributed by atoms with E-state index >= 15 is 0 Å². The monoisotopic (exact) mass is 289 g/mol. The third-order valence-electron chi connectivity index (χ3n) is 2.98. The van der Waals surface area contributed by atoms with E-state index in [2.05, 4.69) is 15.6 Å². The molecule has 0 radical (unpaired) electrons. The minimum atomic E-state index is -0.360. The van der Waals surface area contributed by atoms with Gasteiger partial charge < -0.3 is 20.4 Å². The number of aromatic nitrogens is 1. The van der Waals surface area contributed by atoms with Crippen LogP contribution < -0.4 is 10.6 Å². The Labute approximate surface area is 122 Å². The number of aromatic amines is 1. The Hall–Kier alpha value is -2.50. The predicted octanol–water partition coefficient (Wildman–Crippen LogP) is 2.03. The first-order valence-corrected chi connectivity index (χ1v) is 6.97. The Morgan fingerprint density at radius 3 is 2.90 bits per heavy atom. The summed E-state index contributed by atoms with van der Waals surface area (Å²) in [5, 5.41) is 6.28. The molecule has 6 heteroatoms. The summed E-state index contributed by atoms with van der Waals surface area (Å²) >= 11 is 0. The maximum atomic E-state index is 12.0. The van der Waals surface area contributed by atoms with Gasteiger partial charge in [0.25, 0.3) is 0 Å². The van der Waals surface area contributed by atoms with Crippen LogP contribution in [0.3, 0.4) is 0 Å². The van der Waals surface area contributed by atoms with E-state index in [4.69, 9.17) is 4.74 Å². The number of carbonyl (C=O) groups is 2. The van der Waals surface area contributed by atoms with Crippen LogP contribution >= 0.6 is 0 Å². The number of fused-ring (bicyclic) bond motifs is 1. The molecule has 1 aromatic heterocycles. The molecule has 0 aliphatic carbocycles. The topological polar surface area (TPSA) is 83.2 Å². The van der Waals surface area contributed by atoms with Crippen LogP contribution in [0.15, 0.2) is 30.5 Å². The van der Waals surface area contributed by atoms with Crippen molar-refractivity contribution in [2.45, 2.75) is 13.3 Å². The van der Waals surface area contributed by atoms with E-state index in [1.165, 1.54) is 0 Å². The average molecular weight is 289 g/mol. The van der Waals surface area contributed by atoms with Crippen molar-refractivity contribution in [2.24, 2.45) is 0 Å². The van der Waals surface area contributed by atoms with Gasteiger partial charge in [0.05, 0.1) is 17.7 Å². The molecule has 0 aliphatic heterocycles. The van der Waals surface area contributed by atoms with Crippen LogP contribution in [0.2, 0.25) is 0 Å². The fraction of sp³-hybridized carbons (Fsp3) is 0.333. The second-order valence-electron chi connectivity index (χ2n) is 4.52. The largest absolute Gasteiger partial charge is 0.462 e. The lowest BCUT2D eigenvalue weighted by molar-refractivity contribution is 0.0504. The molecule has 0 saturated carbocycles. The SMILES string of the molecule is CCNC(=O)NCCCOC(=O)c1cccc2cc[nH]c12. The predicted molar refractivity (Wildman–Crippen MR) is 80.3 cm³/mol. The van der Waals surface area contributed by atoms with Crippen LogP contribution in [0.5, 0.6) is 0 Å². The summed E-state index contributed by atoms with van der Waals surface area (Å²) in [6, 6.07) is 7.18. The molecule has 112 valence electrons. The third-order valence-corrected chi connectivity index (χ3v) is 2.98. The lowest BCUT2D eigenvalue weighted by Gasteiger charge is -2.07. The van der Waals surface area contributed by atoms with E-state index in [-0.39, 0.29) is 18.6 Å². The first-order valence-electron chi connectivity index (χ1n) is 6.97. The summed E-state index contributed by atoms with van der Waals surface area (Å²) in [4.78, 5) is 26.2. The zero-order valence-electron chi connectivity index (χ0n) is 11.9. The lowest BCUT2D eigenvalue weighted by Crippen LogP contribution is -2.36. The van der Waals surface area contributed by atoms with Crippen molar-refractivity contribution in [1.82, 2.24) is 15.6 Å². The summed E-state index contributed by atoms with van der Waals surface area (Å²) in [5.74, 6) is -0.360. The van der Waals surface area contributed by atoms with Gasteiger partial charge in [0.15, 0.2) is 0 Å². The standard InChI is InChI=1S/C15H19N3O3/c1-2-16-15(20)18-8-4-10-21-14(19)12-6-3-5-11-7-9-17-13(11)12/h3,5-7,9,17H,2,4,8,10H2,1H3,(H2,16,18,20). The Kier molecular flexibility index (Phi) is 5.20. The highest BCUT2D eigenvalue weighted by molar-refractivity contribution is 6.02. The zero-order chi connectivity index (χ0) is 15.1.